The van der Waals surface area contributed by atoms with Crippen molar-refractivity contribution in [2.45, 2.75) is 25.6 Å². The van der Waals surface area contributed by atoms with Gasteiger partial charge in [0.1, 0.15) is 19.3 Å². The molecule has 0 N–H and O–H groups in total. The van der Waals surface area contributed by atoms with Gasteiger partial charge in [-0.15, -0.1) is 0 Å². The molecule has 0 unspecified atom stereocenters. The molecule has 0 saturated carbocycles. The van der Waals surface area contributed by atoms with E-state index in [-0.39, 0.29) is 36.2 Å². The van der Waals surface area contributed by atoms with E-state index in [1.807, 2.05) is 6.07 Å². The summed E-state index contributed by atoms with van der Waals surface area (Å²) in [4.78, 5) is 7.84. The summed E-state index contributed by atoms with van der Waals surface area (Å²) in [5.74, 6) is 0.613. The van der Waals surface area contributed by atoms with Gasteiger partial charge in [-0.2, -0.15) is 31.6 Å². The molecule has 0 radical (unpaired) electrons. The van der Waals surface area contributed by atoms with Crippen LogP contribution in [0.4, 0.5) is 26.3 Å². The van der Waals surface area contributed by atoms with E-state index in [0.29, 0.717) is 22.6 Å². The number of hydrogen-bond donors (Lipinski definition) is 0. The molecule has 0 aliphatic heterocycles. The average Bonchev–Trinajstić information content (AvgIpc) is 2.97. The molecular weight excluding hydrogens is 682 g/mol. The molecule has 0 atom stereocenters. The molecule has 0 spiro atoms. The number of rotatable bonds is 6. The second-order valence-corrected chi connectivity index (χ2v) is 8.70. The van der Waals surface area contributed by atoms with Gasteiger partial charge in [-0.25, -0.2) is 9.97 Å². The smallest absolute Gasteiger partial charge is 0.512 e. The zero-order chi connectivity index (χ0) is 30.5. The van der Waals surface area contributed by atoms with Crippen LogP contribution in [0.3, 0.4) is 0 Å². The van der Waals surface area contributed by atoms with Crippen molar-refractivity contribution in [1.82, 2.24) is 9.97 Å². The Morgan fingerprint density at radius 3 is 1.52 bits per heavy atom. The first kappa shape index (κ1) is 35.9. The third-order valence-electron chi connectivity index (χ3n) is 4.85. The van der Waals surface area contributed by atoms with Gasteiger partial charge in [0.15, 0.2) is 0 Å². The van der Waals surface area contributed by atoms with E-state index >= 15 is 0 Å². The van der Waals surface area contributed by atoms with Gasteiger partial charge in [0, 0.05) is 29.0 Å². The zero-order valence-corrected chi connectivity index (χ0v) is 23.6. The van der Waals surface area contributed by atoms with Crippen LogP contribution in [0.2, 0.25) is 0 Å². The van der Waals surface area contributed by atoms with E-state index in [1.165, 1.54) is 30.5 Å². The minimum atomic E-state index is -4.37. The fraction of sp³-hybridized carbons (Fsp3) is 0.143. The Hall–Kier alpha value is -4.10. The molecule has 4 rings (SSSR count). The Bertz CT molecular complexity index is 1460. The van der Waals surface area contributed by atoms with Crippen LogP contribution >= 0.6 is 15.9 Å². The van der Waals surface area contributed by atoms with E-state index in [1.54, 1.807) is 30.5 Å². The second-order valence-electron chi connectivity index (χ2n) is 7.79. The number of hydrogen-bond acceptors (Lipinski definition) is 6. The number of pyridine rings is 2. The van der Waals surface area contributed by atoms with Crippen LogP contribution in [0.25, 0.3) is 0 Å². The standard InChI is InChI=1S/C14H9F3N2O.C13H9BrF3NO.CN.Cu/c15-14(16,17)12-3-1-2-10(6-12)9-20-13-5-4-11(7-18)8-19-13;14-11-4-5-12(18-7-11)19-8-9-2-1-3-10(6-9)13(15,16)17;1-2;/h1-6,8H,9H2;1-7H,8H2;;/q;;-1;+1. The van der Waals surface area contributed by atoms with Gasteiger partial charge in [-0.05, 0) is 63.5 Å². The maximum absolute atomic E-state index is 12.5. The van der Waals surface area contributed by atoms with E-state index in [9.17, 15) is 26.3 Å². The van der Waals surface area contributed by atoms with Crippen LogP contribution in [-0.4, -0.2) is 9.97 Å². The van der Waals surface area contributed by atoms with Gasteiger partial charge in [0.05, 0.1) is 16.7 Å². The van der Waals surface area contributed by atoms with Crippen molar-refractivity contribution in [1.29, 1.82) is 10.5 Å². The first-order chi connectivity index (χ1) is 19.4. The average molecular weight is 700 g/mol. The van der Waals surface area contributed by atoms with Gasteiger partial charge < -0.3 is 21.3 Å². The fourth-order valence-electron chi connectivity index (χ4n) is 2.97. The maximum Gasteiger partial charge on any atom is 1.00 e. The molecule has 0 bridgehead atoms. The summed E-state index contributed by atoms with van der Waals surface area (Å²) < 4.78 is 86.5. The van der Waals surface area contributed by atoms with E-state index < -0.39 is 23.5 Å². The van der Waals surface area contributed by atoms with Gasteiger partial charge in [0.2, 0.25) is 11.8 Å². The van der Waals surface area contributed by atoms with Gasteiger partial charge in [-0.3, -0.25) is 0 Å². The van der Waals surface area contributed by atoms with Crippen LogP contribution in [0.5, 0.6) is 11.8 Å². The molecule has 4 aromatic rings. The summed E-state index contributed by atoms with van der Waals surface area (Å²) in [5.41, 5.74) is -0.175. The topological polar surface area (TPSA) is 91.8 Å². The van der Waals surface area contributed by atoms with Crippen LogP contribution in [0, 0.1) is 23.2 Å². The molecule has 2 aromatic carbocycles. The minimum Gasteiger partial charge on any atom is -0.512 e. The number of benzene rings is 2. The summed E-state index contributed by atoms with van der Waals surface area (Å²) in [5, 5.41) is 14.9. The Morgan fingerprint density at radius 1 is 0.714 bits per heavy atom. The molecule has 0 fully saturated rings. The quantitative estimate of drug-likeness (QED) is 0.115. The van der Waals surface area contributed by atoms with Crippen molar-refractivity contribution >= 4 is 15.9 Å². The Morgan fingerprint density at radius 2 is 1.17 bits per heavy atom. The molecule has 2 heterocycles. The van der Waals surface area contributed by atoms with Crippen molar-refractivity contribution in [2.24, 2.45) is 0 Å². The molecule has 6 nitrogen and oxygen atoms in total. The zero-order valence-electron chi connectivity index (χ0n) is 21.0. The molecule has 2 aromatic heterocycles. The third kappa shape index (κ3) is 12.2. The molecule has 0 aliphatic rings. The SMILES string of the molecule is FC(F)(F)c1cccc(COc2ccc(Br)cn2)c1.N#Cc1ccc(OCc2cccc(C(F)(F)F)c2)nc1.[C-]#N.[Cu+]. The molecule has 0 aliphatic carbocycles. The molecule has 0 saturated heterocycles. The molecular formula is C28H18BrCuF6N4O2. The largest absolute Gasteiger partial charge is 1.00 e. The number of nitriles is 1. The van der Waals surface area contributed by atoms with E-state index in [2.05, 4.69) is 25.9 Å². The van der Waals surface area contributed by atoms with Gasteiger partial charge >= 0.3 is 29.4 Å². The molecule has 14 heteroatoms. The summed E-state index contributed by atoms with van der Waals surface area (Å²) in [6.07, 6.45) is -5.82. The molecule has 42 heavy (non-hydrogen) atoms. The van der Waals surface area contributed by atoms with Crippen molar-refractivity contribution in [2.75, 3.05) is 0 Å². The van der Waals surface area contributed by atoms with Crippen molar-refractivity contribution < 1.29 is 52.9 Å². The second kappa shape index (κ2) is 17.0. The number of ether oxygens (including phenoxy) is 2. The summed E-state index contributed by atoms with van der Waals surface area (Å²) in [7, 11) is 0. The fourth-order valence-corrected chi connectivity index (χ4v) is 3.20. The first-order valence-corrected chi connectivity index (χ1v) is 12.0. The molecule has 222 valence electrons. The third-order valence-corrected chi connectivity index (χ3v) is 5.32. The van der Waals surface area contributed by atoms with E-state index in [4.69, 9.17) is 26.6 Å². The van der Waals surface area contributed by atoms with Crippen molar-refractivity contribution in [3.63, 3.8) is 0 Å². The first-order valence-electron chi connectivity index (χ1n) is 11.2. The Kier molecular flexibility index (Phi) is 14.5. The van der Waals surface area contributed by atoms with Crippen LogP contribution in [0.1, 0.15) is 27.8 Å². The van der Waals surface area contributed by atoms with Crippen LogP contribution < -0.4 is 9.47 Å². The Balaban J connectivity index is 0.000000388. The summed E-state index contributed by atoms with van der Waals surface area (Å²) in [6.45, 7) is 4.77. The Labute approximate surface area is 256 Å². The summed E-state index contributed by atoms with van der Waals surface area (Å²) >= 11 is 3.23. The normalized spacial score (nSPS) is 10.4. The van der Waals surface area contributed by atoms with Crippen molar-refractivity contribution in [3.8, 4) is 17.8 Å². The predicted molar refractivity (Wildman–Crippen MR) is 137 cm³/mol. The number of halogens is 7. The monoisotopic (exact) mass is 698 g/mol. The van der Waals surface area contributed by atoms with Crippen LogP contribution in [-0.2, 0) is 42.6 Å². The van der Waals surface area contributed by atoms with E-state index in [0.717, 1.165) is 28.7 Å². The predicted octanol–water partition coefficient (Wildman–Crippen LogP) is 8.09. The van der Waals surface area contributed by atoms with Crippen molar-refractivity contribution in [3.05, 3.63) is 124 Å². The van der Waals surface area contributed by atoms with Gasteiger partial charge in [-0.1, -0.05) is 24.3 Å². The van der Waals surface area contributed by atoms with Gasteiger partial charge in [0.25, 0.3) is 0 Å². The number of alkyl halides is 6. The minimum absolute atomic E-state index is 0. The number of nitrogens with zero attached hydrogens (tertiary/aromatic N) is 4. The summed E-state index contributed by atoms with van der Waals surface area (Å²) in [6, 6.07) is 18.2. The number of aromatic nitrogens is 2. The molecule has 0 amide bonds. The van der Waals surface area contributed by atoms with Crippen LogP contribution in [0.15, 0.2) is 89.7 Å². The maximum atomic E-state index is 12.5.